The third kappa shape index (κ3) is 5.52. The van der Waals surface area contributed by atoms with Crippen molar-refractivity contribution in [1.82, 2.24) is 10.6 Å². The number of halogens is 2. The molecule has 1 amide bonds. The molecule has 1 aromatic carbocycles. The van der Waals surface area contributed by atoms with Gasteiger partial charge in [0.05, 0.1) is 5.25 Å². The van der Waals surface area contributed by atoms with E-state index in [1.54, 1.807) is 11.8 Å². The summed E-state index contributed by atoms with van der Waals surface area (Å²) in [5.74, 6) is 0.0913. The highest BCUT2D eigenvalue weighted by molar-refractivity contribution is 8.00. The Balaban J connectivity index is 0.00000200. The van der Waals surface area contributed by atoms with Crippen LogP contribution in [0.3, 0.4) is 0 Å². The van der Waals surface area contributed by atoms with E-state index in [-0.39, 0.29) is 23.6 Å². The van der Waals surface area contributed by atoms with Crippen molar-refractivity contribution in [3.05, 3.63) is 29.3 Å². The third-order valence-corrected chi connectivity index (χ3v) is 4.54. The van der Waals surface area contributed by atoms with Crippen LogP contribution >= 0.6 is 35.8 Å². The van der Waals surface area contributed by atoms with Gasteiger partial charge in [-0.3, -0.25) is 4.79 Å². The van der Waals surface area contributed by atoms with Gasteiger partial charge >= 0.3 is 0 Å². The number of hydrogen-bond donors (Lipinski definition) is 2. The number of benzene rings is 1. The van der Waals surface area contributed by atoms with Gasteiger partial charge in [0.2, 0.25) is 5.91 Å². The molecule has 1 aromatic rings. The molecule has 2 atom stereocenters. The van der Waals surface area contributed by atoms with E-state index in [1.165, 1.54) is 6.42 Å². The summed E-state index contributed by atoms with van der Waals surface area (Å²) in [5, 5.41) is 7.00. The Hall–Kier alpha value is -0.420. The first kappa shape index (κ1) is 17.6. The number of nitrogens with one attached hydrogen (secondary N) is 2. The number of rotatable bonds is 5. The van der Waals surface area contributed by atoms with E-state index in [0.29, 0.717) is 11.1 Å². The second-order valence-electron chi connectivity index (χ2n) is 4.75. The van der Waals surface area contributed by atoms with Crippen molar-refractivity contribution in [3.8, 4) is 0 Å². The monoisotopic (exact) mass is 334 g/mol. The summed E-state index contributed by atoms with van der Waals surface area (Å²) in [5.41, 5.74) is 0. The quantitative estimate of drug-likeness (QED) is 0.813. The molecule has 2 unspecified atom stereocenters. The van der Waals surface area contributed by atoms with E-state index in [1.807, 2.05) is 31.2 Å². The van der Waals surface area contributed by atoms with E-state index in [4.69, 9.17) is 11.6 Å². The van der Waals surface area contributed by atoms with Gasteiger partial charge in [-0.05, 0) is 50.6 Å². The summed E-state index contributed by atoms with van der Waals surface area (Å²) < 4.78 is 0. The molecule has 6 heteroatoms. The van der Waals surface area contributed by atoms with Gasteiger partial charge in [-0.1, -0.05) is 11.6 Å². The molecule has 1 fully saturated rings. The number of carbonyl (C=O) groups is 1. The average Bonchev–Trinajstić information content (AvgIpc) is 2.91. The van der Waals surface area contributed by atoms with E-state index >= 15 is 0 Å². The van der Waals surface area contributed by atoms with Crippen LogP contribution in [0.5, 0.6) is 0 Å². The molecule has 1 heterocycles. The topological polar surface area (TPSA) is 41.1 Å². The highest BCUT2D eigenvalue weighted by atomic mass is 35.5. The SMILES string of the molecule is CC(Sc1ccc(Cl)cc1)C(=O)NCC1CCCN1.Cl. The number of amides is 1. The fourth-order valence-electron chi connectivity index (χ4n) is 2.07. The first-order valence-electron chi connectivity index (χ1n) is 6.58. The summed E-state index contributed by atoms with van der Waals surface area (Å²) in [4.78, 5) is 13.0. The number of hydrogen-bond acceptors (Lipinski definition) is 3. The molecule has 0 saturated carbocycles. The lowest BCUT2D eigenvalue weighted by atomic mass is 10.2. The molecule has 1 aliphatic rings. The van der Waals surface area contributed by atoms with Crippen molar-refractivity contribution in [2.45, 2.75) is 36.0 Å². The van der Waals surface area contributed by atoms with Crippen molar-refractivity contribution in [3.63, 3.8) is 0 Å². The van der Waals surface area contributed by atoms with Crippen LogP contribution in [0.2, 0.25) is 5.02 Å². The smallest absolute Gasteiger partial charge is 0.233 e. The minimum atomic E-state index is -0.0948. The van der Waals surface area contributed by atoms with E-state index in [2.05, 4.69) is 10.6 Å². The largest absolute Gasteiger partial charge is 0.354 e. The minimum Gasteiger partial charge on any atom is -0.354 e. The first-order valence-corrected chi connectivity index (χ1v) is 7.84. The van der Waals surface area contributed by atoms with Crippen LogP contribution in [0, 0.1) is 0 Å². The standard InChI is InChI=1S/C14H19ClN2OS.ClH/c1-10(19-13-6-4-11(15)5-7-13)14(18)17-9-12-3-2-8-16-12;/h4-7,10,12,16H,2-3,8-9H2,1H3,(H,17,18);1H. The maximum Gasteiger partial charge on any atom is 0.233 e. The Morgan fingerprint density at radius 2 is 2.20 bits per heavy atom. The summed E-state index contributed by atoms with van der Waals surface area (Å²) in [7, 11) is 0. The van der Waals surface area contributed by atoms with E-state index in [9.17, 15) is 4.79 Å². The Bertz CT molecular complexity index is 422. The van der Waals surface area contributed by atoms with Crippen molar-refractivity contribution in [1.29, 1.82) is 0 Å². The van der Waals surface area contributed by atoms with Crippen molar-refractivity contribution in [2.75, 3.05) is 13.1 Å². The molecule has 0 spiro atoms. The molecule has 0 radical (unpaired) electrons. The lowest BCUT2D eigenvalue weighted by molar-refractivity contribution is -0.120. The van der Waals surface area contributed by atoms with Crippen LogP contribution in [0.25, 0.3) is 0 Å². The molecule has 3 nitrogen and oxygen atoms in total. The molecule has 1 saturated heterocycles. The normalized spacial score (nSPS) is 19.2. The maximum absolute atomic E-state index is 12.0. The second kappa shape index (κ2) is 8.78. The fraction of sp³-hybridized carbons (Fsp3) is 0.500. The predicted molar refractivity (Wildman–Crippen MR) is 88.1 cm³/mol. The van der Waals surface area contributed by atoms with Crippen molar-refractivity contribution in [2.24, 2.45) is 0 Å². The molecule has 0 bridgehead atoms. The molecule has 0 aliphatic carbocycles. The van der Waals surface area contributed by atoms with Crippen LogP contribution < -0.4 is 10.6 Å². The molecule has 20 heavy (non-hydrogen) atoms. The first-order chi connectivity index (χ1) is 9.15. The van der Waals surface area contributed by atoms with Gasteiger partial charge in [-0.15, -0.1) is 24.2 Å². The maximum atomic E-state index is 12.0. The van der Waals surface area contributed by atoms with Crippen LogP contribution in [-0.4, -0.2) is 30.3 Å². The van der Waals surface area contributed by atoms with Gasteiger partial charge < -0.3 is 10.6 Å². The van der Waals surface area contributed by atoms with Crippen LogP contribution in [0.1, 0.15) is 19.8 Å². The molecule has 2 rings (SSSR count). The molecule has 112 valence electrons. The molecular weight excluding hydrogens is 315 g/mol. The van der Waals surface area contributed by atoms with Crippen LogP contribution in [0.15, 0.2) is 29.2 Å². The summed E-state index contributed by atoms with van der Waals surface area (Å²) in [6.07, 6.45) is 2.36. The summed E-state index contributed by atoms with van der Waals surface area (Å²) in [6.45, 7) is 3.72. The number of carbonyl (C=O) groups excluding carboxylic acids is 1. The Morgan fingerprint density at radius 3 is 2.80 bits per heavy atom. The fourth-order valence-corrected chi connectivity index (χ4v) is 3.09. The van der Waals surface area contributed by atoms with E-state index in [0.717, 1.165) is 24.4 Å². The minimum absolute atomic E-state index is 0. The lowest BCUT2D eigenvalue weighted by Gasteiger charge is -2.15. The zero-order chi connectivity index (χ0) is 13.7. The summed E-state index contributed by atoms with van der Waals surface area (Å²) in [6, 6.07) is 8.01. The zero-order valence-corrected chi connectivity index (χ0v) is 13.8. The van der Waals surface area contributed by atoms with Gasteiger partial charge in [0.1, 0.15) is 0 Å². The zero-order valence-electron chi connectivity index (χ0n) is 11.4. The lowest BCUT2D eigenvalue weighted by Crippen LogP contribution is -2.40. The van der Waals surface area contributed by atoms with Gasteiger partial charge in [-0.25, -0.2) is 0 Å². The number of thioether (sulfide) groups is 1. The van der Waals surface area contributed by atoms with E-state index < -0.39 is 0 Å². The highest BCUT2D eigenvalue weighted by Gasteiger charge is 2.18. The van der Waals surface area contributed by atoms with Gasteiger partial charge in [-0.2, -0.15) is 0 Å². The Labute approximate surface area is 135 Å². The summed E-state index contributed by atoms with van der Waals surface area (Å²) >= 11 is 7.39. The van der Waals surface area contributed by atoms with Gasteiger partial charge in [0.25, 0.3) is 0 Å². The molecule has 2 N–H and O–H groups in total. The van der Waals surface area contributed by atoms with Crippen molar-refractivity contribution >= 4 is 41.7 Å². The molecule has 1 aliphatic heterocycles. The second-order valence-corrected chi connectivity index (χ2v) is 6.60. The third-order valence-electron chi connectivity index (χ3n) is 3.18. The van der Waals surface area contributed by atoms with Gasteiger partial charge in [0.15, 0.2) is 0 Å². The average molecular weight is 335 g/mol. The molecule has 0 aromatic heterocycles. The Morgan fingerprint density at radius 1 is 1.50 bits per heavy atom. The van der Waals surface area contributed by atoms with Gasteiger partial charge in [0, 0.05) is 22.5 Å². The predicted octanol–water partition coefficient (Wildman–Crippen LogP) is 3.11. The van der Waals surface area contributed by atoms with Crippen LogP contribution in [-0.2, 0) is 4.79 Å². The molecular formula is C14H20Cl2N2OS. The highest BCUT2D eigenvalue weighted by Crippen LogP contribution is 2.24. The van der Waals surface area contributed by atoms with Crippen molar-refractivity contribution < 1.29 is 4.79 Å². The van der Waals surface area contributed by atoms with Crippen LogP contribution in [0.4, 0.5) is 0 Å². The Kier molecular flexibility index (Phi) is 7.74.